The molecule has 0 radical (unpaired) electrons. The molecule has 132 valence electrons. The van der Waals surface area contributed by atoms with Gasteiger partial charge in [0, 0.05) is 13.1 Å². The summed E-state index contributed by atoms with van der Waals surface area (Å²) in [4.78, 5) is 13.4. The Morgan fingerprint density at radius 3 is 2.96 bits per heavy atom. The number of piperidine rings is 1. The smallest absolute Gasteiger partial charge is 0.255 e. The van der Waals surface area contributed by atoms with E-state index in [2.05, 4.69) is 10.2 Å². The number of methoxy groups -OCH3 is 1. The average molecular weight is 354 g/mol. The van der Waals surface area contributed by atoms with Crippen molar-refractivity contribution in [3.8, 4) is 11.5 Å². The van der Waals surface area contributed by atoms with Gasteiger partial charge in [0.15, 0.2) is 18.1 Å². The quantitative estimate of drug-likeness (QED) is 0.805. The van der Waals surface area contributed by atoms with Gasteiger partial charge in [0.1, 0.15) is 0 Å². The molecule has 1 amide bonds. The molecule has 6 nitrogen and oxygen atoms in total. The zero-order valence-corrected chi connectivity index (χ0v) is 14.6. The van der Waals surface area contributed by atoms with Gasteiger partial charge in [0.2, 0.25) is 0 Å². The Balaban J connectivity index is 1.69. The third kappa shape index (κ3) is 3.94. The molecule has 2 aliphatic heterocycles. The van der Waals surface area contributed by atoms with E-state index >= 15 is 0 Å². The van der Waals surface area contributed by atoms with Crippen molar-refractivity contribution in [2.45, 2.75) is 13.0 Å². The molecule has 3 N–H and O–H groups in total. The van der Waals surface area contributed by atoms with Crippen LogP contribution in [0.4, 0.5) is 0 Å². The Bertz CT molecular complexity index is 611. The van der Waals surface area contributed by atoms with Gasteiger partial charge in [-0.3, -0.25) is 9.69 Å². The van der Waals surface area contributed by atoms with E-state index in [1.165, 1.54) is 6.42 Å². The SMILES string of the molecule is COc1cc(CN2CCC3CNCC3C2)cc(Cl)c1OCC(N)=O. The minimum atomic E-state index is -0.551. The summed E-state index contributed by atoms with van der Waals surface area (Å²) in [5.74, 6) is 1.90. The molecule has 2 saturated heterocycles. The number of fused-ring (bicyclic) bond motifs is 1. The van der Waals surface area contributed by atoms with Gasteiger partial charge in [0.05, 0.1) is 12.1 Å². The Hall–Kier alpha value is -1.50. The fourth-order valence-corrected chi connectivity index (χ4v) is 3.95. The second-order valence-electron chi connectivity index (χ2n) is 6.57. The van der Waals surface area contributed by atoms with E-state index in [9.17, 15) is 4.79 Å². The Morgan fingerprint density at radius 1 is 1.42 bits per heavy atom. The van der Waals surface area contributed by atoms with Gasteiger partial charge in [-0.25, -0.2) is 0 Å². The van der Waals surface area contributed by atoms with Gasteiger partial charge in [-0.15, -0.1) is 0 Å². The zero-order valence-electron chi connectivity index (χ0n) is 13.9. The van der Waals surface area contributed by atoms with Gasteiger partial charge in [0.25, 0.3) is 5.91 Å². The van der Waals surface area contributed by atoms with Crippen LogP contribution in [0.2, 0.25) is 5.02 Å². The molecular formula is C17H24ClN3O3. The third-order valence-corrected chi connectivity index (χ3v) is 5.12. The molecule has 0 bridgehead atoms. The molecule has 1 aromatic carbocycles. The van der Waals surface area contributed by atoms with Crippen LogP contribution in [0, 0.1) is 11.8 Å². The first-order chi connectivity index (χ1) is 11.6. The van der Waals surface area contributed by atoms with Crippen LogP contribution in [0.5, 0.6) is 11.5 Å². The van der Waals surface area contributed by atoms with Gasteiger partial charge < -0.3 is 20.5 Å². The number of hydrogen-bond acceptors (Lipinski definition) is 5. The Kier molecular flexibility index (Phi) is 5.48. The highest BCUT2D eigenvalue weighted by molar-refractivity contribution is 6.32. The molecule has 0 aliphatic carbocycles. The van der Waals surface area contributed by atoms with Crippen LogP contribution in [-0.2, 0) is 11.3 Å². The van der Waals surface area contributed by atoms with E-state index in [0.29, 0.717) is 16.5 Å². The van der Waals surface area contributed by atoms with Gasteiger partial charge in [-0.05, 0) is 55.6 Å². The number of rotatable bonds is 6. The standard InChI is InChI=1S/C17H24ClN3O3/c1-23-15-5-11(4-14(18)17(15)24-10-16(19)22)8-21-3-2-12-6-20-7-13(12)9-21/h4-5,12-13,20H,2-3,6-10H2,1H3,(H2,19,22). The van der Waals surface area contributed by atoms with E-state index < -0.39 is 5.91 Å². The summed E-state index contributed by atoms with van der Waals surface area (Å²) in [6.45, 7) is 5.09. The molecule has 2 aliphatic rings. The van der Waals surface area contributed by atoms with Crippen molar-refractivity contribution in [3.05, 3.63) is 22.7 Å². The Morgan fingerprint density at radius 2 is 2.21 bits per heavy atom. The first-order valence-electron chi connectivity index (χ1n) is 8.27. The molecule has 2 atom stereocenters. The van der Waals surface area contributed by atoms with Gasteiger partial charge >= 0.3 is 0 Å². The highest BCUT2D eigenvalue weighted by Crippen LogP contribution is 2.37. The highest BCUT2D eigenvalue weighted by Gasteiger charge is 2.32. The highest BCUT2D eigenvalue weighted by atomic mass is 35.5. The lowest BCUT2D eigenvalue weighted by atomic mass is 9.88. The lowest BCUT2D eigenvalue weighted by molar-refractivity contribution is -0.119. The minimum Gasteiger partial charge on any atom is -0.493 e. The number of amides is 1. The number of carbonyl (C=O) groups is 1. The number of halogens is 1. The van der Waals surface area contributed by atoms with Crippen LogP contribution in [0.25, 0.3) is 0 Å². The number of nitrogens with one attached hydrogen (secondary N) is 1. The van der Waals surface area contributed by atoms with E-state index in [1.54, 1.807) is 7.11 Å². The molecule has 0 spiro atoms. The normalized spacial score (nSPS) is 23.8. The summed E-state index contributed by atoms with van der Waals surface area (Å²) in [6, 6.07) is 3.79. The fraction of sp³-hybridized carbons (Fsp3) is 0.588. The maximum Gasteiger partial charge on any atom is 0.255 e. The van der Waals surface area contributed by atoms with Crippen molar-refractivity contribution < 1.29 is 14.3 Å². The Labute approximate surface area is 147 Å². The van der Waals surface area contributed by atoms with Gasteiger partial charge in [-0.1, -0.05) is 11.6 Å². The molecule has 2 fully saturated rings. The number of nitrogens with two attached hydrogens (primary N) is 1. The van der Waals surface area contributed by atoms with Crippen molar-refractivity contribution in [1.82, 2.24) is 10.2 Å². The third-order valence-electron chi connectivity index (χ3n) is 4.84. The summed E-state index contributed by atoms with van der Waals surface area (Å²) in [5.41, 5.74) is 6.19. The van der Waals surface area contributed by atoms with Crippen molar-refractivity contribution in [3.63, 3.8) is 0 Å². The average Bonchev–Trinajstić information content (AvgIpc) is 3.00. The van der Waals surface area contributed by atoms with Crippen molar-refractivity contribution in [1.29, 1.82) is 0 Å². The summed E-state index contributed by atoms with van der Waals surface area (Å²) < 4.78 is 10.7. The first-order valence-corrected chi connectivity index (χ1v) is 8.65. The first kappa shape index (κ1) is 17.3. The lowest BCUT2D eigenvalue weighted by Crippen LogP contribution is -2.39. The van der Waals surface area contributed by atoms with E-state index in [4.69, 9.17) is 26.8 Å². The predicted octanol–water partition coefficient (Wildman–Crippen LogP) is 1.25. The topological polar surface area (TPSA) is 76.8 Å². The fourth-order valence-electron chi connectivity index (χ4n) is 3.66. The van der Waals surface area contributed by atoms with Crippen LogP contribution >= 0.6 is 11.6 Å². The molecule has 7 heteroatoms. The summed E-state index contributed by atoms with van der Waals surface area (Å²) in [5, 5.41) is 3.92. The molecule has 2 heterocycles. The molecule has 3 rings (SSSR count). The number of benzene rings is 1. The van der Waals surface area contributed by atoms with Crippen molar-refractivity contribution >= 4 is 17.5 Å². The second kappa shape index (κ2) is 7.59. The molecule has 0 saturated carbocycles. The van der Waals surface area contributed by atoms with Crippen LogP contribution in [0.1, 0.15) is 12.0 Å². The molecular weight excluding hydrogens is 330 g/mol. The maximum atomic E-state index is 10.9. The number of likely N-dealkylation sites (tertiary alicyclic amines) is 1. The largest absolute Gasteiger partial charge is 0.493 e. The van der Waals surface area contributed by atoms with E-state index in [1.807, 2.05) is 12.1 Å². The summed E-state index contributed by atoms with van der Waals surface area (Å²) in [7, 11) is 1.56. The summed E-state index contributed by atoms with van der Waals surface area (Å²) in [6.07, 6.45) is 1.24. The predicted molar refractivity (Wildman–Crippen MR) is 92.4 cm³/mol. The number of hydrogen-bond donors (Lipinski definition) is 2. The van der Waals surface area contributed by atoms with Crippen LogP contribution < -0.4 is 20.5 Å². The van der Waals surface area contributed by atoms with Crippen LogP contribution in [0.15, 0.2) is 12.1 Å². The lowest BCUT2D eigenvalue weighted by Gasteiger charge is -2.34. The molecule has 1 aromatic rings. The number of ether oxygens (including phenoxy) is 2. The van der Waals surface area contributed by atoms with Crippen molar-refractivity contribution in [2.75, 3.05) is 39.9 Å². The summed E-state index contributed by atoms with van der Waals surface area (Å²) >= 11 is 6.32. The maximum absolute atomic E-state index is 10.9. The molecule has 2 unspecified atom stereocenters. The van der Waals surface area contributed by atoms with Crippen LogP contribution in [0.3, 0.4) is 0 Å². The molecule has 0 aromatic heterocycles. The van der Waals surface area contributed by atoms with E-state index in [-0.39, 0.29) is 6.61 Å². The van der Waals surface area contributed by atoms with Crippen LogP contribution in [-0.4, -0.2) is 50.7 Å². The van der Waals surface area contributed by atoms with Gasteiger partial charge in [-0.2, -0.15) is 0 Å². The van der Waals surface area contributed by atoms with Crippen molar-refractivity contribution in [2.24, 2.45) is 17.6 Å². The number of primary amides is 1. The monoisotopic (exact) mass is 353 g/mol. The number of nitrogens with zero attached hydrogens (tertiary/aromatic N) is 1. The van der Waals surface area contributed by atoms with E-state index in [0.717, 1.165) is 50.1 Å². The molecule has 24 heavy (non-hydrogen) atoms. The second-order valence-corrected chi connectivity index (χ2v) is 6.97. The minimum absolute atomic E-state index is 0.225. The number of carbonyl (C=O) groups excluding carboxylic acids is 1. The zero-order chi connectivity index (χ0) is 17.1.